The van der Waals surface area contributed by atoms with Gasteiger partial charge in [-0.1, -0.05) is 33.6 Å². The van der Waals surface area contributed by atoms with Crippen LogP contribution in [0.3, 0.4) is 0 Å². The average molecular weight is 320 g/mol. The Bertz CT molecular complexity index is 581. The van der Waals surface area contributed by atoms with E-state index in [0.717, 1.165) is 33.5 Å². The Morgan fingerprint density at radius 3 is 2.58 bits per heavy atom. The summed E-state index contributed by atoms with van der Waals surface area (Å²) in [4.78, 5) is 0. The fourth-order valence-electron chi connectivity index (χ4n) is 1.97. The van der Waals surface area contributed by atoms with E-state index in [9.17, 15) is 0 Å². The molecule has 0 radical (unpaired) electrons. The molecule has 0 spiro atoms. The number of nitrogens with two attached hydrogens (primary N) is 1. The van der Waals surface area contributed by atoms with Crippen molar-refractivity contribution in [2.75, 3.05) is 6.54 Å². The van der Waals surface area contributed by atoms with Crippen LogP contribution in [0.15, 0.2) is 40.9 Å². The van der Waals surface area contributed by atoms with Crippen LogP contribution in [-0.4, -0.2) is 6.54 Å². The topological polar surface area (TPSA) is 35.2 Å². The van der Waals surface area contributed by atoms with Crippen molar-refractivity contribution in [2.24, 2.45) is 5.73 Å². The summed E-state index contributed by atoms with van der Waals surface area (Å²) in [7, 11) is 0. The maximum atomic E-state index is 5.98. The molecule has 100 valence electrons. The summed E-state index contributed by atoms with van der Waals surface area (Å²) >= 11 is 3.49. The van der Waals surface area contributed by atoms with Gasteiger partial charge in [0.05, 0.1) is 0 Å². The zero-order valence-electron chi connectivity index (χ0n) is 11.2. The number of benzene rings is 2. The molecule has 2 N–H and O–H groups in total. The molecule has 0 aliphatic carbocycles. The molecule has 0 bridgehead atoms. The van der Waals surface area contributed by atoms with Gasteiger partial charge in [-0.25, -0.2) is 0 Å². The predicted molar refractivity (Wildman–Crippen MR) is 82.9 cm³/mol. The molecule has 0 aromatic heterocycles. The summed E-state index contributed by atoms with van der Waals surface area (Å²) in [6, 6.07) is 12.2. The van der Waals surface area contributed by atoms with Gasteiger partial charge in [-0.15, -0.1) is 0 Å². The van der Waals surface area contributed by atoms with Crippen molar-refractivity contribution in [1.29, 1.82) is 0 Å². The van der Waals surface area contributed by atoms with Crippen LogP contribution in [-0.2, 0) is 6.42 Å². The number of hydrogen-bond acceptors (Lipinski definition) is 2. The SMILES string of the molecule is Cc1ccc(Oc2ccc(Br)c(C)c2)c(CCN)c1. The second-order valence-corrected chi connectivity index (χ2v) is 5.52. The highest BCUT2D eigenvalue weighted by molar-refractivity contribution is 9.10. The molecular weight excluding hydrogens is 302 g/mol. The standard InChI is InChI=1S/C16H18BrNO/c1-11-3-6-16(13(9-11)7-8-18)19-14-4-5-15(17)12(2)10-14/h3-6,9-10H,7-8,18H2,1-2H3. The van der Waals surface area contributed by atoms with E-state index in [1.807, 2.05) is 31.2 Å². The first-order valence-corrected chi connectivity index (χ1v) is 7.13. The molecular formula is C16H18BrNO. The van der Waals surface area contributed by atoms with Gasteiger partial charge in [-0.3, -0.25) is 0 Å². The molecule has 0 fully saturated rings. The third kappa shape index (κ3) is 3.58. The number of hydrogen-bond donors (Lipinski definition) is 1. The quantitative estimate of drug-likeness (QED) is 0.908. The minimum absolute atomic E-state index is 0.624. The molecule has 0 saturated carbocycles. The third-order valence-corrected chi connectivity index (χ3v) is 3.88. The molecule has 0 heterocycles. The molecule has 2 aromatic rings. The fourth-order valence-corrected chi connectivity index (χ4v) is 2.21. The van der Waals surface area contributed by atoms with Crippen LogP contribution in [0.1, 0.15) is 16.7 Å². The second-order valence-electron chi connectivity index (χ2n) is 4.66. The molecule has 2 aromatic carbocycles. The van der Waals surface area contributed by atoms with Gasteiger partial charge in [0.1, 0.15) is 11.5 Å². The average Bonchev–Trinajstić information content (AvgIpc) is 2.37. The molecule has 0 aliphatic heterocycles. The first-order chi connectivity index (χ1) is 9.10. The number of ether oxygens (including phenoxy) is 1. The highest BCUT2D eigenvalue weighted by Gasteiger charge is 2.06. The fraction of sp³-hybridized carbons (Fsp3) is 0.250. The van der Waals surface area contributed by atoms with Gasteiger partial charge >= 0.3 is 0 Å². The van der Waals surface area contributed by atoms with Crippen molar-refractivity contribution in [2.45, 2.75) is 20.3 Å². The lowest BCUT2D eigenvalue weighted by Crippen LogP contribution is -2.04. The molecule has 19 heavy (non-hydrogen) atoms. The van der Waals surface area contributed by atoms with Crippen molar-refractivity contribution < 1.29 is 4.74 Å². The summed E-state index contributed by atoms with van der Waals surface area (Å²) in [6.45, 7) is 4.75. The van der Waals surface area contributed by atoms with E-state index in [1.165, 1.54) is 5.56 Å². The second kappa shape index (κ2) is 6.22. The third-order valence-electron chi connectivity index (χ3n) is 2.99. The van der Waals surface area contributed by atoms with Gasteiger partial charge in [-0.2, -0.15) is 0 Å². The first-order valence-electron chi connectivity index (χ1n) is 6.34. The highest BCUT2D eigenvalue weighted by Crippen LogP contribution is 2.29. The van der Waals surface area contributed by atoms with E-state index >= 15 is 0 Å². The Hall–Kier alpha value is -1.32. The van der Waals surface area contributed by atoms with Crippen molar-refractivity contribution in [3.05, 3.63) is 57.6 Å². The number of rotatable bonds is 4. The molecule has 2 rings (SSSR count). The monoisotopic (exact) mass is 319 g/mol. The maximum absolute atomic E-state index is 5.98. The van der Waals surface area contributed by atoms with Crippen LogP contribution < -0.4 is 10.5 Å². The van der Waals surface area contributed by atoms with Gasteiger partial charge in [0.2, 0.25) is 0 Å². The van der Waals surface area contributed by atoms with Crippen LogP contribution in [0.5, 0.6) is 11.5 Å². The number of aryl methyl sites for hydroxylation is 2. The highest BCUT2D eigenvalue weighted by atomic mass is 79.9. The first kappa shape index (κ1) is 14.1. The van der Waals surface area contributed by atoms with Gasteiger partial charge in [0.25, 0.3) is 0 Å². The minimum atomic E-state index is 0.624. The normalized spacial score (nSPS) is 10.5. The molecule has 3 heteroatoms. The van der Waals surface area contributed by atoms with Crippen LogP contribution in [0.2, 0.25) is 0 Å². The molecule has 0 unspecified atom stereocenters. The smallest absolute Gasteiger partial charge is 0.130 e. The lowest BCUT2D eigenvalue weighted by molar-refractivity contribution is 0.475. The van der Waals surface area contributed by atoms with E-state index < -0.39 is 0 Å². The summed E-state index contributed by atoms with van der Waals surface area (Å²) in [5, 5.41) is 0. The van der Waals surface area contributed by atoms with Crippen LogP contribution >= 0.6 is 15.9 Å². The van der Waals surface area contributed by atoms with Crippen molar-refractivity contribution in [1.82, 2.24) is 0 Å². The van der Waals surface area contributed by atoms with E-state index in [2.05, 4.69) is 35.0 Å². The van der Waals surface area contributed by atoms with Gasteiger partial charge < -0.3 is 10.5 Å². The molecule has 2 nitrogen and oxygen atoms in total. The van der Waals surface area contributed by atoms with E-state index in [4.69, 9.17) is 10.5 Å². The summed E-state index contributed by atoms with van der Waals surface area (Å²) < 4.78 is 7.07. The Morgan fingerprint density at radius 1 is 1.11 bits per heavy atom. The molecule has 0 saturated heterocycles. The van der Waals surface area contributed by atoms with Crippen molar-refractivity contribution >= 4 is 15.9 Å². The van der Waals surface area contributed by atoms with Gasteiger partial charge in [-0.05, 0) is 62.2 Å². The zero-order valence-corrected chi connectivity index (χ0v) is 12.8. The molecule has 0 atom stereocenters. The Labute approximate surface area is 122 Å². The van der Waals surface area contributed by atoms with Gasteiger partial charge in [0, 0.05) is 4.47 Å². The maximum Gasteiger partial charge on any atom is 0.130 e. The Morgan fingerprint density at radius 2 is 1.89 bits per heavy atom. The van der Waals surface area contributed by atoms with Crippen LogP contribution in [0.4, 0.5) is 0 Å². The van der Waals surface area contributed by atoms with Gasteiger partial charge in [0.15, 0.2) is 0 Å². The summed E-state index contributed by atoms with van der Waals surface area (Å²) in [5.41, 5.74) is 9.19. The van der Waals surface area contributed by atoms with Crippen LogP contribution in [0, 0.1) is 13.8 Å². The number of halogens is 1. The molecule has 0 aliphatic rings. The lowest BCUT2D eigenvalue weighted by Gasteiger charge is -2.12. The molecule has 0 amide bonds. The van der Waals surface area contributed by atoms with Crippen LogP contribution in [0.25, 0.3) is 0 Å². The summed E-state index contributed by atoms with van der Waals surface area (Å²) in [6.07, 6.45) is 0.826. The predicted octanol–water partition coefficient (Wildman–Crippen LogP) is 4.36. The Balaban J connectivity index is 2.29. The van der Waals surface area contributed by atoms with E-state index in [0.29, 0.717) is 6.54 Å². The zero-order chi connectivity index (χ0) is 13.8. The van der Waals surface area contributed by atoms with E-state index in [-0.39, 0.29) is 0 Å². The Kier molecular flexibility index (Phi) is 4.61. The van der Waals surface area contributed by atoms with Crippen molar-refractivity contribution in [3.8, 4) is 11.5 Å². The summed E-state index contributed by atoms with van der Waals surface area (Å²) in [5.74, 6) is 1.74. The van der Waals surface area contributed by atoms with Crippen molar-refractivity contribution in [3.63, 3.8) is 0 Å². The minimum Gasteiger partial charge on any atom is -0.457 e. The van der Waals surface area contributed by atoms with E-state index in [1.54, 1.807) is 0 Å². The largest absolute Gasteiger partial charge is 0.457 e. The lowest BCUT2D eigenvalue weighted by atomic mass is 10.1.